The summed E-state index contributed by atoms with van der Waals surface area (Å²) in [5.41, 5.74) is 5.40. The average molecular weight is 268 g/mol. The van der Waals surface area contributed by atoms with E-state index in [0.717, 1.165) is 0 Å². The van der Waals surface area contributed by atoms with Crippen LogP contribution in [-0.4, -0.2) is 4.98 Å². The predicted molar refractivity (Wildman–Crippen MR) is 81.9 cm³/mol. The van der Waals surface area contributed by atoms with Gasteiger partial charge in [-0.05, 0) is 42.3 Å². The van der Waals surface area contributed by atoms with E-state index >= 15 is 0 Å². The van der Waals surface area contributed by atoms with E-state index < -0.39 is 0 Å². The first-order chi connectivity index (χ1) is 9.42. The van der Waals surface area contributed by atoms with Gasteiger partial charge < -0.3 is 10.3 Å². The van der Waals surface area contributed by atoms with Crippen LogP contribution in [0, 0.1) is 0 Å². The van der Waals surface area contributed by atoms with E-state index in [1.807, 2.05) is 0 Å². The number of H-pyrrole nitrogens is 1. The summed E-state index contributed by atoms with van der Waals surface area (Å²) in [5.74, 6) is 0. The molecule has 1 aromatic carbocycles. The Kier molecular flexibility index (Phi) is 2.59. The van der Waals surface area contributed by atoms with Gasteiger partial charge in [0, 0.05) is 27.7 Å². The Hall–Kier alpha value is -1.74. The number of hydrogen-bond acceptors (Lipinski definition) is 2. The number of fused-ring (bicyclic) bond motifs is 3. The number of aryl methyl sites for hydroxylation is 1. The van der Waals surface area contributed by atoms with Crippen LogP contribution in [0.3, 0.4) is 0 Å². The van der Waals surface area contributed by atoms with Crippen LogP contribution in [0.5, 0.6) is 0 Å². The smallest absolute Gasteiger partial charge is 0.0666 e. The highest BCUT2D eigenvalue weighted by atomic mass is 32.1. The number of benzene rings is 1. The van der Waals surface area contributed by atoms with Gasteiger partial charge in [-0.25, -0.2) is 0 Å². The monoisotopic (exact) mass is 268 g/mol. The van der Waals surface area contributed by atoms with Crippen LogP contribution in [0.1, 0.15) is 30.1 Å². The Bertz CT molecular complexity index is 697. The quantitative estimate of drug-likeness (QED) is 0.691. The number of aromatic nitrogens is 1. The third-order valence-electron chi connectivity index (χ3n) is 3.98. The number of thiophene rings is 1. The third kappa shape index (κ3) is 1.85. The Labute approximate surface area is 116 Å². The molecule has 1 aliphatic rings. The SMILES string of the molecule is c1ccc2c3c([nH]c2c1)C(Nc1ccsc1)CCC3. The maximum Gasteiger partial charge on any atom is 0.0666 e. The molecule has 19 heavy (non-hydrogen) atoms. The summed E-state index contributed by atoms with van der Waals surface area (Å²) in [6.45, 7) is 0. The normalized spacial score (nSPS) is 18.4. The van der Waals surface area contributed by atoms with Gasteiger partial charge in [0.1, 0.15) is 0 Å². The van der Waals surface area contributed by atoms with Gasteiger partial charge in [-0.1, -0.05) is 18.2 Å². The molecule has 2 heterocycles. The molecule has 2 nitrogen and oxygen atoms in total. The molecule has 0 aliphatic heterocycles. The zero-order chi connectivity index (χ0) is 12.7. The fourth-order valence-electron chi connectivity index (χ4n) is 3.11. The van der Waals surface area contributed by atoms with Crippen molar-refractivity contribution in [2.45, 2.75) is 25.3 Å². The van der Waals surface area contributed by atoms with Crippen LogP contribution in [0.2, 0.25) is 0 Å². The van der Waals surface area contributed by atoms with Gasteiger partial charge in [-0.3, -0.25) is 0 Å². The molecule has 0 saturated heterocycles. The maximum atomic E-state index is 3.66. The Morgan fingerprint density at radius 3 is 3.05 bits per heavy atom. The van der Waals surface area contributed by atoms with Gasteiger partial charge in [0.15, 0.2) is 0 Å². The Balaban J connectivity index is 1.77. The van der Waals surface area contributed by atoms with E-state index in [9.17, 15) is 0 Å². The van der Waals surface area contributed by atoms with Crippen LogP contribution in [-0.2, 0) is 6.42 Å². The van der Waals surface area contributed by atoms with E-state index in [2.05, 4.69) is 51.4 Å². The highest BCUT2D eigenvalue weighted by Crippen LogP contribution is 2.36. The fraction of sp³-hybridized carbons (Fsp3) is 0.250. The van der Waals surface area contributed by atoms with Crippen molar-refractivity contribution in [1.82, 2.24) is 4.98 Å². The highest BCUT2D eigenvalue weighted by molar-refractivity contribution is 7.08. The molecule has 1 unspecified atom stereocenters. The molecular weight excluding hydrogens is 252 g/mol. The first kappa shape index (κ1) is 11.1. The van der Waals surface area contributed by atoms with Crippen molar-refractivity contribution in [3.63, 3.8) is 0 Å². The van der Waals surface area contributed by atoms with Gasteiger partial charge in [-0.2, -0.15) is 11.3 Å². The Morgan fingerprint density at radius 1 is 1.21 bits per heavy atom. The van der Waals surface area contributed by atoms with E-state index in [-0.39, 0.29) is 0 Å². The van der Waals surface area contributed by atoms with Crippen molar-refractivity contribution < 1.29 is 0 Å². The van der Waals surface area contributed by atoms with E-state index in [1.165, 1.54) is 47.1 Å². The molecule has 3 heteroatoms. The molecule has 0 radical (unpaired) electrons. The van der Waals surface area contributed by atoms with Crippen molar-refractivity contribution in [1.29, 1.82) is 0 Å². The van der Waals surface area contributed by atoms with Gasteiger partial charge in [0.2, 0.25) is 0 Å². The second-order valence-corrected chi connectivity index (χ2v) is 5.94. The Morgan fingerprint density at radius 2 is 2.16 bits per heavy atom. The second-order valence-electron chi connectivity index (χ2n) is 5.16. The number of rotatable bonds is 2. The number of para-hydroxylation sites is 1. The summed E-state index contributed by atoms with van der Waals surface area (Å²) < 4.78 is 0. The molecular formula is C16H16N2S. The molecule has 3 aromatic rings. The summed E-state index contributed by atoms with van der Waals surface area (Å²) in [7, 11) is 0. The topological polar surface area (TPSA) is 27.8 Å². The van der Waals surface area contributed by atoms with E-state index in [1.54, 1.807) is 11.3 Å². The van der Waals surface area contributed by atoms with Crippen LogP contribution >= 0.6 is 11.3 Å². The van der Waals surface area contributed by atoms with Crippen molar-refractivity contribution in [2.75, 3.05) is 5.32 Å². The van der Waals surface area contributed by atoms with Crippen molar-refractivity contribution in [3.05, 3.63) is 52.3 Å². The molecule has 2 N–H and O–H groups in total. The average Bonchev–Trinajstić information content (AvgIpc) is 3.06. The molecule has 1 atom stereocenters. The number of aromatic amines is 1. The van der Waals surface area contributed by atoms with Crippen molar-refractivity contribution in [3.8, 4) is 0 Å². The standard InChI is InChI=1S/C16H16N2S/c1-2-6-14-12(4-1)13-5-3-7-15(16(13)18-14)17-11-8-9-19-10-11/h1-2,4,6,8-10,15,17-18H,3,5,7H2. The highest BCUT2D eigenvalue weighted by Gasteiger charge is 2.23. The first-order valence-electron chi connectivity index (χ1n) is 6.80. The summed E-state index contributed by atoms with van der Waals surface area (Å²) in [6.07, 6.45) is 3.66. The number of hydrogen-bond donors (Lipinski definition) is 2. The van der Waals surface area contributed by atoms with Gasteiger partial charge in [-0.15, -0.1) is 0 Å². The summed E-state index contributed by atoms with van der Waals surface area (Å²) in [6, 6.07) is 11.2. The molecule has 96 valence electrons. The lowest BCUT2D eigenvalue weighted by Gasteiger charge is -2.24. The summed E-state index contributed by atoms with van der Waals surface area (Å²) in [4.78, 5) is 3.62. The zero-order valence-electron chi connectivity index (χ0n) is 10.6. The van der Waals surface area contributed by atoms with Crippen LogP contribution in [0.4, 0.5) is 5.69 Å². The molecule has 0 bridgehead atoms. The molecule has 1 aliphatic carbocycles. The van der Waals surface area contributed by atoms with Gasteiger partial charge in [0.05, 0.1) is 6.04 Å². The fourth-order valence-corrected chi connectivity index (χ4v) is 3.70. The molecule has 4 rings (SSSR count). The molecule has 2 aromatic heterocycles. The van der Waals surface area contributed by atoms with Crippen molar-refractivity contribution >= 4 is 27.9 Å². The molecule has 0 spiro atoms. The van der Waals surface area contributed by atoms with E-state index in [4.69, 9.17) is 0 Å². The van der Waals surface area contributed by atoms with Gasteiger partial charge in [0.25, 0.3) is 0 Å². The number of nitrogens with one attached hydrogen (secondary N) is 2. The maximum absolute atomic E-state index is 3.66. The minimum Gasteiger partial charge on any atom is -0.376 e. The lowest BCUT2D eigenvalue weighted by Crippen LogP contribution is -2.16. The second kappa shape index (κ2) is 4.42. The van der Waals surface area contributed by atoms with Crippen LogP contribution in [0.25, 0.3) is 10.9 Å². The largest absolute Gasteiger partial charge is 0.376 e. The molecule has 0 amide bonds. The zero-order valence-corrected chi connectivity index (χ0v) is 11.5. The summed E-state index contributed by atoms with van der Waals surface area (Å²) in [5, 5.41) is 9.35. The van der Waals surface area contributed by atoms with E-state index in [0.29, 0.717) is 6.04 Å². The third-order valence-corrected chi connectivity index (χ3v) is 4.66. The minimum absolute atomic E-state index is 0.422. The molecule has 0 fully saturated rings. The number of anilines is 1. The lowest BCUT2D eigenvalue weighted by molar-refractivity contribution is 0.593. The molecule has 0 saturated carbocycles. The lowest BCUT2D eigenvalue weighted by atomic mass is 9.91. The van der Waals surface area contributed by atoms with Gasteiger partial charge >= 0.3 is 0 Å². The summed E-state index contributed by atoms with van der Waals surface area (Å²) >= 11 is 1.74. The van der Waals surface area contributed by atoms with Crippen molar-refractivity contribution in [2.24, 2.45) is 0 Å². The van der Waals surface area contributed by atoms with Crippen LogP contribution < -0.4 is 5.32 Å². The predicted octanol–water partition coefficient (Wildman–Crippen LogP) is 4.72. The minimum atomic E-state index is 0.422. The first-order valence-corrected chi connectivity index (χ1v) is 7.74. The van der Waals surface area contributed by atoms with Crippen LogP contribution in [0.15, 0.2) is 41.1 Å².